The average Bonchev–Trinajstić information content (AvgIpc) is 2.65. The molecule has 12 heteroatoms. The number of esters is 3. The van der Waals surface area contributed by atoms with Crippen LogP contribution in [-0.2, 0) is 38.1 Å². The zero-order valence-corrected chi connectivity index (χ0v) is 19.3. The van der Waals surface area contributed by atoms with Crippen LogP contribution in [0.3, 0.4) is 0 Å². The van der Waals surface area contributed by atoms with Crippen molar-refractivity contribution in [3.05, 3.63) is 28.2 Å². The van der Waals surface area contributed by atoms with Gasteiger partial charge in [-0.2, -0.15) is 0 Å². The van der Waals surface area contributed by atoms with Gasteiger partial charge in [0.05, 0.1) is 5.02 Å². The maximum absolute atomic E-state index is 11.9. The number of carbonyl (C=O) groups is 4. The fourth-order valence-electron chi connectivity index (χ4n) is 3.09. The lowest BCUT2D eigenvalue weighted by Gasteiger charge is -2.44. The summed E-state index contributed by atoms with van der Waals surface area (Å²) in [5.74, 6) is -2.35. The minimum absolute atomic E-state index is 0.158. The molecule has 0 radical (unpaired) electrons. The highest BCUT2D eigenvalue weighted by atomic mass is 35.5. The first-order chi connectivity index (χ1) is 15.0. The van der Waals surface area contributed by atoms with Gasteiger partial charge in [0.1, 0.15) is 24.5 Å². The van der Waals surface area contributed by atoms with Crippen molar-refractivity contribution in [2.24, 2.45) is 0 Å². The summed E-state index contributed by atoms with van der Waals surface area (Å²) >= 11 is 12.1. The van der Waals surface area contributed by atoms with E-state index < -0.39 is 54.5 Å². The Bertz CT molecular complexity index is 879. The predicted octanol–water partition coefficient (Wildman–Crippen LogP) is 2.03. The van der Waals surface area contributed by atoms with E-state index in [1.165, 1.54) is 32.0 Å². The first kappa shape index (κ1) is 25.7. The normalized spacial score (nSPS) is 24.8. The monoisotopic (exact) mass is 491 g/mol. The SMILES string of the molecule is CC(=O)N[C@H]1[C@@H](Oc2ccc(Cl)cc2Cl)O[C@@H](COC(C)=O)[C@@H](OC(C)=O)[C@@H]1OC(C)=O. The van der Waals surface area contributed by atoms with Crippen LogP contribution >= 0.6 is 23.2 Å². The topological polar surface area (TPSA) is 126 Å². The van der Waals surface area contributed by atoms with Gasteiger partial charge in [-0.05, 0) is 18.2 Å². The summed E-state index contributed by atoms with van der Waals surface area (Å²) in [5, 5.41) is 3.12. The lowest BCUT2D eigenvalue weighted by atomic mass is 9.96. The van der Waals surface area contributed by atoms with Crippen LogP contribution in [0, 0.1) is 0 Å². The Morgan fingerprint density at radius 3 is 2.12 bits per heavy atom. The number of rotatable bonds is 7. The number of hydrogen-bond acceptors (Lipinski definition) is 9. The van der Waals surface area contributed by atoms with Crippen LogP contribution in [0.4, 0.5) is 0 Å². The molecule has 1 N–H and O–H groups in total. The largest absolute Gasteiger partial charge is 0.463 e. The molecule has 0 saturated carbocycles. The van der Waals surface area contributed by atoms with Crippen molar-refractivity contribution >= 4 is 47.0 Å². The zero-order chi connectivity index (χ0) is 24.0. The average molecular weight is 492 g/mol. The van der Waals surface area contributed by atoms with E-state index in [2.05, 4.69) is 5.32 Å². The van der Waals surface area contributed by atoms with E-state index in [1.807, 2.05) is 0 Å². The van der Waals surface area contributed by atoms with Crippen LogP contribution in [0.25, 0.3) is 0 Å². The standard InChI is InChI=1S/C20H23Cl2NO9/c1-9(24)23-17-19(30-12(4)27)18(29-11(3)26)16(8-28-10(2)25)32-20(17)31-15-6-5-13(21)7-14(15)22/h5-7,16-20H,8H2,1-4H3,(H,23,24)/t16-,17+,18+,19+,20-/m0/s1. The number of carbonyl (C=O) groups excluding carboxylic acids is 4. The Hall–Kier alpha value is -2.56. The van der Waals surface area contributed by atoms with Gasteiger partial charge in [0.15, 0.2) is 12.2 Å². The lowest BCUT2D eigenvalue weighted by Crippen LogP contribution is -2.67. The Kier molecular flexibility index (Phi) is 9.11. The third-order valence-electron chi connectivity index (χ3n) is 4.21. The van der Waals surface area contributed by atoms with Crippen LogP contribution in [0.1, 0.15) is 27.7 Å². The maximum atomic E-state index is 11.9. The van der Waals surface area contributed by atoms with Crippen LogP contribution in [-0.4, -0.2) is 61.1 Å². The minimum Gasteiger partial charge on any atom is -0.463 e. The number of nitrogens with one attached hydrogen (secondary N) is 1. The molecule has 1 aliphatic heterocycles. The molecule has 1 fully saturated rings. The van der Waals surface area contributed by atoms with Crippen LogP contribution < -0.4 is 10.1 Å². The zero-order valence-electron chi connectivity index (χ0n) is 17.8. The van der Waals surface area contributed by atoms with Crippen molar-refractivity contribution < 1.29 is 42.9 Å². The quantitative estimate of drug-likeness (QED) is 0.449. The van der Waals surface area contributed by atoms with Crippen molar-refractivity contribution in [2.45, 2.75) is 58.3 Å². The Morgan fingerprint density at radius 2 is 1.59 bits per heavy atom. The highest BCUT2D eigenvalue weighted by molar-refractivity contribution is 6.35. The van der Waals surface area contributed by atoms with E-state index in [1.54, 1.807) is 0 Å². The molecule has 0 aromatic heterocycles. The molecular weight excluding hydrogens is 469 g/mol. The molecule has 0 spiro atoms. The molecular formula is C20H23Cl2NO9. The Morgan fingerprint density at radius 1 is 0.969 bits per heavy atom. The first-order valence-corrected chi connectivity index (χ1v) is 10.3. The van der Waals surface area contributed by atoms with Gasteiger partial charge < -0.3 is 29.0 Å². The van der Waals surface area contributed by atoms with Crippen molar-refractivity contribution in [1.82, 2.24) is 5.32 Å². The molecule has 176 valence electrons. The molecule has 1 saturated heterocycles. The van der Waals surface area contributed by atoms with Crippen molar-refractivity contribution in [3.8, 4) is 5.75 Å². The van der Waals surface area contributed by atoms with Crippen molar-refractivity contribution in [3.63, 3.8) is 0 Å². The molecule has 0 aliphatic carbocycles. The lowest BCUT2D eigenvalue weighted by molar-refractivity contribution is -0.257. The van der Waals surface area contributed by atoms with E-state index >= 15 is 0 Å². The summed E-state index contributed by atoms with van der Waals surface area (Å²) in [7, 11) is 0. The summed E-state index contributed by atoms with van der Waals surface area (Å²) in [6, 6.07) is 3.34. The molecule has 1 aliphatic rings. The number of ether oxygens (including phenoxy) is 5. The number of hydrogen-bond donors (Lipinski definition) is 1. The van der Waals surface area contributed by atoms with Gasteiger partial charge in [-0.25, -0.2) is 0 Å². The van der Waals surface area contributed by atoms with Gasteiger partial charge in [-0.15, -0.1) is 0 Å². The second-order valence-corrected chi connectivity index (χ2v) is 7.76. The fraction of sp³-hybridized carbons (Fsp3) is 0.500. The molecule has 1 amide bonds. The van der Waals surface area contributed by atoms with E-state index in [4.69, 9.17) is 46.9 Å². The van der Waals surface area contributed by atoms with Crippen molar-refractivity contribution in [1.29, 1.82) is 0 Å². The number of halogens is 2. The van der Waals surface area contributed by atoms with E-state index in [9.17, 15) is 19.2 Å². The van der Waals surface area contributed by atoms with Gasteiger partial charge in [0, 0.05) is 32.7 Å². The second kappa shape index (κ2) is 11.3. The van der Waals surface area contributed by atoms with E-state index in [0.717, 1.165) is 13.8 Å². The maximum Gasteiger partial charge on any atom is 0.303 e. The fourth-order valence-corrected chi connectivity index (χ4v) is 3.54. The van der Waals surface area contributed by atoms with Crippen LogP contribution in [0.15, 0.2) is 18.2 Å². The van der Waals surface area contributed by atoms with Crippen molar-refractivity contribution in [2.75, 3.05) is 6.61 Å². The summed E-state index contributed by atoms with van der Waals surface area (Å²) in [4.78, 5) is 46.8. The smallest absolute Gasteiger partial charge is 0.303 e. The molecule has 1 aromatic carbocycles. The van der Waals surface area contributed by atoms with Gasteiger partial charge in [-0.3, -0.25) is 19.2 Å². The Balaban J connectivity index is 2.47. The first-order valence-electron chi connectivity index (χ1n) is 9.50. The van der Waals surface area contributed by atoms with Crippen LogP contribution in [0.5, 0.6) is 5.75 Å². The van der Waals surface area contributed by atoms with E-state index in [0.29, 0.717) is 5.02 Å². The summed E-state index contributed by atoms with van der Waals surface area (Å²) in [6.07, 6.45) is -4.80. The molecule has 32 heavy (non-hydrogen) atoms. The minimum atomic E-state index is -1.27. The summed E-state index contributed by atoms with van der Waals surface area (Å²) < 4.78 is 27.5. The predicted molar refractivity (Wildman–Crippen MR) is 111 cm³/mol. The molecule has 2 rings (SSSR count). The Labute approximate surface area is 194 Å². The third-order valence-corrected chi connectivity index (χ3v) is 4.74. The number of benzene rings is 1. The van der Waals surface area contributed by atoms with Gasteiger partial charge in [0.25, 0.3) is 0 Å². The molecule has 0 unspecified atom stereocenters. The summed E-state index contributed by atoms with van der Waals surface area (Å²) in [6.45, 7) is 4.39. The second-order valence-electron chi connectivity index (χ2n) is 6.91. The molecule has 1 heterocycles. The van der Waals surface area contributed by atoms with E-state index in [-0.39, 0.29) is 17.4 Å². The molecule has 0 bridgehead atoms. The van der Waals surface area contributed by atoms with Crippen LogP contribution in [0.2, 0.25) is 10.0 Å². The van der Waals surface area contributed by atoms with Gasteiger partial charge in [0.2, 0.25) is 12.2 Å². The number of amides is 1. The molecule has 10 nitrogen and oxygen atoms in total. The van der Waals surface area contributed by atoms with Gasteiger partial charge in [-0.1, -0.05) is 23.2 Å². The molecule has 1 aromatic rings. The molecule has 5 atom stereocenters. The highest BCUT2D eigenvalue weighted by Crippen LogP contribution is 2.33. The summed E-state index contributed by atoms with van der Waals surface area (Å²) in [5.41, 5.74) is 0. The third kappa shape index (κ3) is 7.25. The van der Waals surface area contributed by atoms with Gasteiger partial charge >= 0.3 is 17.9 Å². The highest BCUT2D eigenvalue weighted by Gasteiger charge is 2.52.